The highest BCUT2D eigenvalue weighted by molar-refractivity contribution is 5.23. The average molecular weight is 430 g/mol. The van der Waals surface area contributed by atoms with Gasteiger partial charge in [-0.1, -0.05) is 5.11 Å². The van der Waals surface area contributed by atoms with Gasteiger partial charge in [0.05, 0.1) is 19.3 Å². The first-order valence-electron chi connectivity index (χ1n) is 8.93. The molecule has 0 aliphatic carbocycles. The van der Waals surface area contributed by atoms with Gasteiger partial charge in [0.25, 0.3) is 0 Å². The Hall–Kier alpha value is -2.33. The number of nitrogens with zero attached hydrogens (tertiary/aromatic N) is 5. The van der Waals surface area contributed by atoms with Crippen LogP contribution < -0.4 is 11.4 Å². The molecule has 2 aliphatic heterocycles. The quantitative estimate of drug-likeness (QED) is 0.147. The smallest absolute Gasteiger partial charge is 0.351 e. The molecule has 15 heteroatoms. The molecule has 1 aromatic heterocycles. The fourth-order valence-corrected chi connectivity index (χ4v) is 3.29. The largest absolute Gasteiger partial charge is 0.394 e. The van der Waals surface area contributed by atoms with Crippen LogP contribution >= 0.6 is 0 Å². The Morgan fingerprint density at radius 2 is 1.90 bits per heavy atom. The molecule has 3 heterocycles. The maximum absolute atomic E-state index is 12.0. The van der Waals surface area contributed by atoms with E-state index in [1.165, 1.54) is 12.3 Å². The van der Waals surface area contributed by atoms with Crippen molar-refractivity contribution in [3.8, 4) is 0 Å². The lowest BCUT2D eigenvalue weighted by Gasteiger charge is -2.40. The van der Waals surface area contributed by atoms with Gasteiger partial charge in [0, 0.05) is 11.1 Å². The summed E-state index contributed by atoms with van der Waals surface area (Å²) in [7, 11) is 0. The topological polar surface area (TPSA) is 239 Å². The summed E-state index contributed by atoms with van der Waals surface area (Å²) in [6.45, 7) is -1.05. The van der Waals surface area contributed by atoms with Crippen molar-refractivity contribution in [2.45, 2.75) is 55.2 Å². The lowest BCUT2D eigenvalue weighted by atomic mass is 9.98. The van der Waals surface area contributed by atoms with Crippen molar-refractivity contribution in [1.29, 1.82) is 0 Å². The van der Waals surface area contributed by atoms with Gasteiger partial charge in [0.1, 0.15) is 42.4 Å². The molecule has 9 atom stereocenters. The highest BCUT2D eigenvalue weighted by atomic mass is 16.7. The van der Waals surface area contributed by atoms with Crippen molar-refractivity contribution >= 4 is 5.82 Å². The molecule has 2 aliphatic rings. The SMILES string of the molecule is [N-]=[N+]=N[C@@H]1[C@@H](OC[C@H]2O[C@@H](n3ccc(N)nc3=O)[C@@H](O)[C@@H]2O)O[C@H](CO)[C@@H](O)[C@@H]1O. The lowest BCUT2D eigenvalue weighted by molar-refractivity contribution is -0.272. The van der Waals surface area contributed by atoms with Gasteiger partial charge in [-0.3, -0.25) is 4.57 Å². The molecule has 1 aromatic rings. The zero-order valence-corrected chi connectivity index (χ0v) is 15.4. The third kappa shape index (κ3) is 4.24. The Morgan fingerprint density at radius 1 is 1.20 bits per heavy atom. The van der Waals surface area contributed by atoms with Crippen molar-refractivity contribution in [2.75, 3.05) is 18.9 Å². The number of ether oxygens (including phenoxy) is 3. The summed E-state index contributed by atoms with van der Waals surface area (Å²) in [6, 6.07) is -0.0357. The Morgan fingerprint density at radius 3 is 2.53 bits per heavy atom. The molecule has 30 heavy (non-hydrogen) atoms. The van der Waals surface area contributed by atoms with Crippen LogP contribution in [0.4, 0.5) is 5.82 Å². The number of hydrogen-bond acceptors (Lipinski definition) is 12. The average Bonchev–Trinajstić information content (AvgIpc) is 2.99. The second-order valence-electron chi connectivity index (χ2n) is 6.82. The van der Waals surface area contributed by atoms with Crippen LogP contribution in [0.3, 0.4) is 0 Å². The van der Waals surface area contributed by atoms with Crippen LogP contribution in [0.15, 0.2) is 22.2 Å². The van der Waals surface area contributed by atoms with E-state index >= 15 is 0 Å². The van der Waals surface area contributed by atoms with Crippen molar-refractivity contribution in [3.05, 3.63) is 33.2 Å². The highest BCUT2D eigenvalue weighted by Crippen LogP contribution is 2.30. The van der Waals surface area contributed by atoms with Gasteiger partial charge >= 0.3 is 5.69 Å². The van der Waals surface area contributed by atoms with E-state index in [4.69, 9.17) is 25.5 Å². The van der Waals surface area contributed by atoms with Gasteiger partial charge in [0.15, 0.2) is 12.5 Å². The van der Waals surface area contributed by atoms with E-state index in [0.717, 1.165) is 4.57 Å². The number of azide groups is 1. The molecule has 166 valence electrons. The first-order valence-corrected chi connectivity index (χ1v) is 8.93. The summed E-state index contributed by atoms with van der Waals surface area (Å²) < 4.78 is 17.2. The van der Waals surface area contributed by atoms with Crippen LogP contribution in [0.2, 0.25) is 0 Å². The van der Waals surface area contributed by atoms with Gasteiger partial charge in [-0.05, 0) is 11.6 Å². The van der Waals surface area contributed by atoms with E-state index in [2.05, 4.69) is 15.0 Å². The van der Waals surface area contributed by atoms with Crippen molar-refractivity contribution < 1.29 is 39.7 Å². The fraction of sp³-hybridized carbons (Fsp3) is 0.733. The van der Waals surface area contributed by atoms with E-state index in [1.807, 2.05) is 0 Å². The standard InChI is InChI=1S/C15H22N6O9/c16-7-1-2-21(15(27)18-7)13-12(26)10(24)6(29-13)4-28-14-8(19-20-17)11(25)9(23)5(3-22)30-14/h1-2,5-6,8-14,22-26H,3-4H2,(H2,16,18,27)/t5-,6-,8+,9-,10-,11-,12+,13-,14+/m1/s1. The summed E-state index contributed by atoms with van der Waals surface area (Å²) in [5.41, 5.74) is 13.3. The second-order valence-corrected chi connectivity index (χ2v) is 6.82. The molecule has 0 bridgehead atoms. The summed E-state index contributed by atoms with van der Waals surface area (Å²) in [5, 5.41) is 53.1. The molecule has 2 fully saturated rings. The zero-order chi connectivity index (χ0) is 22.0. The van der Waals surface area contributed by atoms with E-state index in [0.29, 0.717) is 0 Å². The molecule has 0 radical (unpaired) electrons. The van der Waals surface area contributed by atoms with E-state index in [-0.39, 0.29) is 5.82 Å². The number of hydrogen-bond donors (Lipinski definition) is 6. The summed E-state index contributed by atoms with van der Waals surface area (Å²) in [6.07, 6.45) is -9.82. The van der Waals surface area contributed by atoms with Crippen LogP contribution in [-0.2, 0) is 14.2 Å². The molecule has 3 rings (SSSR count). The van der Waals surface area contributed by atoms with Gasteiger partial charge < -0.3 is 45.5 Å². The maximum Gasteiger partial charge on any atom is 0.351 e. The molecule has 0 spiro atoms. The number of nitrogens with two attached hydrogens (primary N) is 1. The monoisotopic (exact) mass is 430 g/mol. The van der Waals surface area contributed by atoms with Gasteiger partial charge in [-0.15, -0.1) is 0 Å². The van der Waals surface area contributed by atoms with Crippen LogP contribution in [0.5, 0.6) is 0 Å². The summed E-state index contributed by atoms with van der Waals surface area (Å²) in [5.74, 6) is -0.0260. The summed E-state index contributed by atoms with van der Waals surface area (Å²) in [4.78, 5) is 18.1. The highest BCUT2D eigenvalue weighted by Gasteiger charge is 2.47. The van der Waals surface area contributed by atoms with Crippen LogP contribution in [-0.4, -0.2) is 97.3 Å². The molecular formula is C15H22N6O9. The third-order valence-corrected chi connectivity index (χ3v) is 4.92. The molecule has 7 N–H and O–H groups in total. The van der Waals surface area contributed by atoms with Crippen LogP contribution in [0.1, 0.15) is 6.23 Å². The van der Waals surface area contributed by atoms with Crippen molar-refractivity contribution in [2.24, 2.45) is 5.11 Å². The second kappa shape index (κ2) is 9.22. The number of aliphatic hydroxyl groups is 5. The van der Waals surface area contributed by atoms with E-state index < -0.39 is 74.1 Å². The Labute approximate surface area is 168 Å². The molecule has 0 aromatic carbocycles. The minimum atomic E-state index is -1.58. The predicted octanol–water partition coefficient (Wildman–Crippen LogP) is -3.42. The number of aliphatic hydroxyl groups excluding tert-OH is 5. The first kappa shape index (κ1) is 22.4. The van der Waals surface area contributed by atoms with Crippen molar-refractivity contribution in [3.63, 3.8) is 0 Å². The van der Waals surface area contributed by atoms with Gasteiger partial charge in [0.2, 0.25) is 0 Å². The maximum atomic E-state index is 12.0. The van der Waals surface area contributed by atoms with Crippen LogP contribution in [0.25, 0.3) is 10.4 Å². The predicted molar refractivity (Wildman–Crippen MR) is 95.5 cm³/mol. The Kier molecular flexibility index (Phi) is 6.87. The molecule has 0 saturated carbocycles. The molecular weight excluding hydrogens is 408 g/mol. The lowest BCUT2D eigenvalue weighted by Crippen LogP contribution is -2.58. The van der Waals surface area contributed by atoms with E-state index in [1.54, 1.807) is 0 Å². The van der Waals surface area contributed by atoms with E-state index in [9.17, 15) is 30.3 Å². The van der Waals surface area contributed by atoms with Gasteiger partial charge in [-0.25, -0.2) is 4.79 Å². The first-order chi connectivity index (χ1) is 14.3. The third-order valence-electron chi connectivity index (χ3n) is 4.92. The normalized spacial score (nSPS) is 38.9. The summed E-state index contributed by atoms with van der Waals surface area (Å²) >= 11 is 0. The number of rotatable bonds is 6. The number of anilines is 1. The zero-order valence-electron chi connectivity index (χ0n) is 15.4. The molecule has 0 amide bonds. The molecule has 0 unspecified atom stereocenters. The Balaban J connectivity index is 1.71. The molecule has 2 saturated heterocycles. The number of nitrogen functional groups attached to an aromatic ring is 1. The van der Waals surface area contributed by atoms with Crippen molar-refractivity contribution in [1.82, 2.24) is 9.55 Å². The van der Waals surface area contributed by atoms with Crippen LogP contribution in [0, 0.1) is 0 Å². The number of aromatic nitrogens is 2. The Bertz CT molecular complexity index is 848. The molecule has 15 nitrogen and oxygen atoms in total. The van der Waals surface area contributed by atoms with Gasteiger partial charge in [-0.2, -0.15) is 4.98 Å². The minimum absolute atomic E-state index is 0.0260. The fourth-order valence-electron chi connectivity index (χ4n) is 3.29. The minimum Gasteiger partial charge on any atom is -0.394 e.